The molecule has 142 valence electrons. The Morgan fingerprint density at radius 3 is 2.70 bits per heavy atom. The lowest BCUT2D eigenvalue weighted by Gasteiger charge is -2.34. The zero-order chi connectivity index (χ0) is 19.2. The minimum Gasteiger partial charge on any atom is -0.330 e. The second kappa shape index (κ2) is 6.93. The van der Waals surface area contributed by atoms with E-state index in [0.717, 1.165) is 36.1 Å². The summed E-state index contributed by atoms with van der Waals surface area (Å²) in [5, 5.41) is 0.426. The van der Waals surface area contributed by atoms with E-state index >= 15 is 0 Å². The van der Waals surface area contributed by atoms with Crippen LogP contribution in [0.15, 0.2) is 47.4 Å². The van der Waals surface area contributed by atoms with E-state index in [-0.39, 0.29) is 10.9 Å². The third-order valence-electron chi connectivity index (χ3n) is 5.31. The number of halogens is 1. The van der Waals surface area contributed by atoms with Crippen molar-refractivity contribution in [3.8, 4) is 0 Å². The Kier molecular flexibility index (Phi) is 4.74. The average Bonchev–Trinajstić information content (AvgIpc) is 3.00. The molecule has 5 nitrogen and oxygen atoms in total. The van der Waals surface area contributed by atoms with Gasteiger partial charge in [0.25, 0.3) is 0 Å². The van der Waals surface area contributed by atoms with Crippen molar-refractivity contribution in [1.29, 1.82) is 0 Å². The zero-order valence-corrected chi connectivity index (χ0v) is 17.0. The Hall–Kier alpha value is -1.89. The molecule has 4 rings (SSSR count). The minimum atomic E-state index is -3.67. The summed E-state index contributed by atoms with van der Waals surface area (Å²) in [4.78, 5) is 5.04. The molecule has 1 saturated heterocycles. The van der Waals surface area contributed by atoms with Crippen LogP contribution in [0.25, 0.3) is 11.0 Å². The highest BCUT2D eigenvalue weighted by molar-refractivity contribution is 7.89. The van der Waals surface area contributed by atoms with Crippen LogP contribution in [0.3, 0.4) is 0 Å². The number of aryl methyl sites for hydroxylation is 2. The lowest BCUT2D eigenvalue weighted by Crippen LogP contribution is -2.39. The first-order valence-electron chi connectivity index (χ1n) is 9.09. The topological polar surface area (TPSA) is 55.2 Å². The molecule has 1 fully saturated rings. The fraction of sp³-hybridized carbons (Fsp3) is 0.350. The molecule has 3 aromatic rings. The van der Waals surface area contributed by atoms with Crippen molar-refractivity contribution in [2.45, 2.75) is 37.1 Å². The molecular weight excluding hydrogens is 382 g/mol. The predicted molar refractivity (Wildman–Crippen MR) is 107 cm³/mol. The fourth-order valence-corrected chi connectivity index (χ4v) is 6.04. The fourth-order valence-electron chi connectivity index (χ4n) is 3.89. The van der Waals surface area contributed by atoms with E-state index in [1.54, 1.807) is 29.4 Å². The Morgan fingerprint density at radius 2 is 1.93 bits per heavy atom. The van der Waals surface area contributed by atoms with Crippen molar-refractivity contribution in [1.82, 2.24) is 13.9 Å². The van der Waals surface area contributed by atoms with Crippen molar-refractivity contribution in [3.05, 3.63) is 58.9 Å². The molecule has 1 aromatic heterocycles. The van der Waals surface area contributed by atoms with E-state index in [0.29, 0.717) is 17.1 Å². The van der Waals surface area contributed by atoms with Gasteiger partial charge < -0.3 is 4.57 Å². The van der Waals surface area contributed by atoms with Crippen LogP contribution in [0.4, 0.5) is 0 Å². The Bertz CT molecular complexity index is 1110. The number of imidazole rings is 1. The van der Waals surface area contributed by atoms with Gasteiger partial charge in [-0.2, -0.15) is 4.31 Å². The van der Waals surface area contributed by atoms with Crippen LogP contribution in [-0.2, 0) is 17.1 Å². The van der Waals surface area contributed by atoms with Gasteiger partial charge in [0, 0.05) is 18.6 Å². The number of nitrogens with zero attached hydrogens (tertiary/aromatic N) is 3. The van der Waals surface area contributed by atoms with Gasteiger partial charge in [-0.05, 0) is 49.6 Å². The summed E-state index contributed by atoms with van der Waals surface area (Å²) >= 11 is 6.09. The molecule has 0 bridgehead atoms. The van der Waals surface area contributed by atoms with Crippen LogP contribution in [0.1, 0.15) is 36.7 Å². The second-order valence-corrected chi connectivity index (χ2v) is 9.35. The summed E-state index contributed by atoms with van der Waals surface area (Å²) in [5.41, 5.74) is 2.60. The lowest BCUT2D eigenvalue weighted by molar-refractivity contribution is 0.243. The average molecular weight is 404 g/mol. The highest BCUT2D eigenvalue weighted by Gasteiger charge is 2.37. The predicted octanol–water partition coefficient (Wildman–Crippen LogP) is 4.45. The third-order valence-corrected chi connectivity index (χ3v) is 7.60. The molecule has 27 heavy (non-hydrogen) atoms. The maximum Gasteiger partial charge on any atom is 0.244 e. The van der Waals surface area contributed by atoms with Crippen LogP contribution in [0.2, 0.25) is 5.02 Å². The quantitative estimate of drug-likeness (QED) is 0.649. The summed E-state index contributed by atoms with van der Waals surface area (Å²) in [6, 6.07) is 12.6. The van der Waals surface area contributed by atoms with Gasteiger partial charge in [-0.3, -0.25) is 0 Å². The van der Waals surface area contributed by atoms with Crippen molar-refractivity contribution < 1.29 is 8.42 Å². The maximum absolute atomic E-state index is 13.5. The molecule has 0 N–H and O–H groups in total. The first kappa shape index (κ1) is 18.5. The summed E-state index contributed by atoms with van der Waals surface area (Å²) in [6.07, 6.45) is 2.59. The maximum atomic E-state index is 13.5. The van der Waals surface area contributed by atoms with Crippen molar-refractivity contribution in [3.63, 3.8) is 0 Å². The van der Waals surface area contributed by atoms with E-state index < -0.39 is 10.0 Å². The summed E-state index contributed by atoms with van der Waals surface area (Å²) in [7, 11) is -1.72. The van der Waals surface area contributed by atoms with Crippen LogP contribution >= 0.6 is 11.6 Å². The van der Waals surface area contributed by atoms with Gasteiger partial charge in [-0.15, -0.1) is 0 Å². The van der Waals surface area contributed by atoms with Gasteiger partial charge in [0.05, 0.1) is 22.0 Å². The number of rotatable bonds is 3. The van der Waals surface area contributed by atoms with Gasteiger partial charge in [-0.1, -0.05) is 36.2 Å². The standard InChI is InChI=1S/C20H22ClN3O2S/c1-14-10-11-15(21)13-19(14)27(25,26)24-12-6-5-9-18(24)20-22-16-7-3-4-8-17(16)23(20)2/h3-4,7-8,10-11,13,18H,5-6,9,12H2,1-2H3. The van der Waals surface area contributed by atoms with E-state index in [4.69, 9.17) is 16.6 Å². The van der Waals surface area contributed by atoms with Gasteiger partial charge in [-0.25, -0.2) is 13.4 Å². The zero-order valence-electron chi connectivity index (χ0n) is 15.4. The summed E-state index contributed by atoms with van der Waals surface area (Å²) in [5.74, 6) is 0.791. The smallest absolute Gasteiger partial charge is 0.244 e. The number of hydrogen-bond acceptors (Lipinski definition) is 3. The molecule has 1 unspecified atom stereocenters. The molecular formula is C20H22ClN3O2S. The van der Waals surface area contributed by atoms with E-state index in [1.165, 1.54) is 0 Å². The van der Waals surface area contributed by atoms with Crippen molar-refractivity contribution in [2.75, 3.05) is 6.54 Å². The van der Waals surface area contributed by atoms with Crippen molar-refractivity contribution >= 4 is 32.7 Å². The Morgan fingerprint density at radius 1 is 1.15 bits per heavy atom. The van der Waals surface area contributed by atoms with Gasteiger partial charge >= 0.3 is 0 Å². The van der Waals surface area contributed by atoms with E-state index in [1.807, 2.05) is 35.9 Å². The molecule has 2 aromatic carbocycles. The number of sulfonamides is 1. The minimum absolute atomic E-state index is 0.278. The normalized spacial score (nSPS) is 18.9. The number of aromatic nitrogens is 2. The van der Waals surface area contributed by atoms with Crippen molar-refractivity contribution in [2.24, 2.45) is 7.05 Å². The van der Waals surface area contributed by atoms with Crippen LogP contribution < -0.4 is 0 Å². The van der Waals surface area contributed by atoms with Gasteiger partial charge in [0.15, 0.2) is 0 Å². The van der Waals surface area contributed by atoms with Crippen LogP contribution in [0.5, 0.6) is 0 Å². The monoisotopic (exact) mass is 403 g/mol. The van der Waals surface area contributed by atoms with Gasteiger partial charge in [0.1, 0.15) is 5.82 Å². The molecule has 7 heteroatoms. The molecule has 1 aliphatic rings. The Balaban J connectivity index is 1.83. The highest BCUT2D eigenvalue weighted by Crippen LogP contribution is 2.37. The molecule has 0 amide bonds. The Labute approximate surface area is 164 Å². The molecule has 1 atom stereocenters. The third kappa shape index (κ3) is 3.16. The lowest BCUT2D eigenvalue weighted by atomic mass is 10.0. The first-order valence-corrected chi connectivity index (χ1v) is 10.9. The molecule has 0 aliphatic carbocycles. The largest absolute Gasteiger partial charge is 0.330 e. The number of para-hydroxylation sites is 2. The summed E-state index contributed by atoms with van der Waals surface area (Å²) in [6.45, 7) is 2.29. The van der Waals surface area contributed by atoms with E-state index in [2.05, 4.69) is 0 Å². The van der Waals surface area contributed by atoms with E-state index in [9.17, 15) is 8.42 Å². The van der Waals surface area contributed by atoms with Gasteiger partial charge in [0.2, 0.25) is 10.0 Å². The first-order chi connectivity index (χ1) is 12.9. The molecule has 0 spiro atoms. The SMILES string of the molecule is Cc1ccc(Cl)cc1S(=O)(=O)N1CCCCC1c1nc2ccccc2n1C. The highest BCUT2D eigenvalue weighted by atomic mass is 35.5. The molecule has 0 saturated carbocycles. The number of piperidine rings is 1. The molecule has 1 aliphatic heterocycles. The second-order valence-electron chi connectivity index (χ2n) is 7.05. The van der Waals surface area contributed by atoms with Crippen LogP contribution in [-0.4, -0.2) is 28.8 Å². The number of hydrogen-bond donors (Lipinski definition) is 0. The molecule has 0 radical (unpaired) electrons. The summed E-state index contributed by atoms with van der Waals surface area (Å²) < 4.78 is 30.6. The number of fused-ring (bicyclic) bond motifs is 1. The van der Waals surface area contributed by atoms with Crippen LogP contribution in [0, 0.1) is 6.92 Å². The number of benzene rings is 2. The molecule has 2 heterocycles.